The zero-order valence-electron chi connectivity index (χ0n) is 7.55. The van der Waals surface area contributed by atoms with E-state index in [-0.39, 0.29) is 11.9 Å². The highest BCUT2D eigenvalue weighted by Gasteiger charge is 2.32. The van der Waals surface area contributed by atoms with Crippen molar-refractivity contribution in [3.8, 4) is 0 Å². The van der Waals surface area contributed by atoms with Crippen LogP contribution in [-0.4, -0.2) is 37.0 Å². The van der Waals surface area contributed by atoms with Gasteiger partial charge in [-0.1, -0.05) is 12.8 Å². The van der Waals surface area contributed by atoms with E-state index in [1.165, 1.54) is 12.8 Å². The molecule has 1 atom stereocenters. The molecule has 1 unspecified atom stereocenters. The van der Waals surface area contributed by atoms with Crippen molar-refractivity contribution < 1.29 is 4.79 Å². The lowest BCUT2D eigenvalue weighted by Crippen LogP contribution is -2.53. The Bertz CT molecular complexity index is 189. The second-order valence-corrected chi connectivity index (χ2v) is 3.95. The molecular formula is C9H16N2O. The molecule has 2 fully saturated rings. The zero-order valence-corrected chi connectivity index (χ0v) is 7.55. The summed E-state index contributed by atoms with van der Waals surface area (Å²) >= 11 is 0. The minimum atomic E-state index is 0.122. The van der Waals surface area contributed by atoms with Crippen LogP contribution in [0.3, 0.4) is 0 Å². The van der Waals surface area contributed by atoms with Gasteiger partial charge in [-0.05, 0) is 12.3 Å². The SMILES string of the molecule is CN1CCNC(CC2CC2)C1=O. The largest absolute Gasteiger partial charge is 0.343 e. The molecule has 2 rings (SSSR count). The number of nitrogens with zero attached hydrogens (tertiary/aromatic N) is 1. The van der Waals surface area contributed by atoms with Crippen LogP contribution in [-0.2, 0) is 4.79 Å². The van der Waals surface area contributed by atoms with Crippen molar-refractivity contribution >= 4 is 5.91 Å². The van der Waals surface area contributed by atoms with E-state index in [1.807, 2.05) is 11.9 Å². The van der Waals surface area contributed by atoms with Crippen LogP contribution < -0.4 is 5.32 Å². The molecule has 0 aromatic carbocycles. The maximum absolute atomic E-state index is 11.6. The third kappa shape index (κ3) is 1.61. The molecule has 1 aliphatic carbocycles. The molecule has 0 aromatic heterocycles. The van der Waals surface area contributed by atoms with Gasteiger partial charge in [-0.3, -0.25) is 4.79 Å². The molecule has 2 aliphatic rings. The molecule has 68 valence electrons. The first-order valence-electron chi connectivity index (χ1n) is 4.76. The van der Waals surface area contributed by atoms with Crippen molar-refractivity contribution in [1.29, 1.82) is 0 Å². The van der Waals surface area contributed by atoms with Gasteiger partial charge in [-0.2, -0.15) is 0 Å². The van der Waals surface area contributed by atoms with Crippen molar-refractivity contribution in [2.24, 2.45) is 5.92 Å². The summed E-state index contributed by atoms with van der Waals surface area (Å²) < 4.78 is 0. The van der Waals surface area contributed by atoms with E-state index < -0.39 is 0 Å². The highest BCUT2D eigenvalue weighted by Crippen LogP contribution is 2.34. The third-order valence-electron chi connectivity index (χ3n) is 2.78. The van der Waals surface area contributed by atoms with Gasteiger partial charge in [-0.25, -0.2) is 0 Å². The van der Waals surface area contributed by atoms with Crippen molar-refractivity contribution in [1.82, 2.24) is 10.2 Å². The van der Waals surface area contributed by atoms with E-state index in [4.69, 9.17) is 0 Å². The first-order chi connectivity index (χ1) is 5.77. The molecule has 1 heterocycles. The number of likely N-dealkylation sites (N-methyl/N-ethyl adjacent to an activating group) is 1. The fourth-order valence-corrected chi connectivity index (χ4v) is 1.74. The molecule has 1 saturated heterocycles. The van der Waals surface area contributed by atoms with Crippen LogP contribution in [0.4, 0.5) is 0 Å². The lowest BCUT2D eigenvalue weighted by Gasteiger charge is -2.30. The molecular weight excluding hydrogens is 152 g/mol. The molecule has 0 bridgehead atoms. The summed E-state index contributed by atoms with van der Waals surface area (Å²) in [6.07, 6.45) is 3.72. The van der Waals surface area contributed by atoms with Gasteiger partial charge >= 0.3 is 0 Å². The average Bonchev–Trinajstić information content (AvgIpc) is 2.83. The van der Waals surface area contributed by atoms with Crippen LogP contribution in [0.25, 0.3) is 0 Å². The molecule has 0 radical (unpaired) electrons. The Labute approximate surface area is 73.1 Å². The highest BCUT2D eigenvalue weighted by atomic mass is 16.2. The Balaban J connectivity index is 1.89. The standard InChI is InChI=1S/C9H16N2O/c1-11-5-4-10-8(9(11)12)6-7-2-3-7/h7-8,10H,2-6H2,1H3. The maximum atomic E-state index is 11.6. The quantitative estimate of drug-likeness (QED) is 0.639. The van der Waals surface area contributed by atoms with Crippen LogP contribution in [0.15, 0.2) is 0 Å². The second-order valence-electron chi connectivity index (χ2n) is 3.95. The Morgan fingerprint density at radius 3 is 3.00 bits per heavy atom. The summed E-state index contributed by atoms with van der Waals surface area (Å²) in [5, 5.41) is 3.28. The molecule has 0 aromatic rings. The van der Waals surface area contributed by atoms with Crippen LogP contribution in [0.1, 0.15) is 19.3 Å². The van der Waals surface area contributed by atoms with Crippen LogP contribution in [0.5, 0.6) is 0 Å². The molecule has 3 nitrogen and oxygen atoms in total. The third-order valence-corrected chi connectivity index (χ3v) is 2.78. The van der Waals surface area contributed by atoms with Gasteiger partial charge in [0.15, 0.2) is 0 Å². The normalized spacial score (nSPS) is 30.9. The zero-order chi connectivity index (χ0) is 8.55. The highest BCUT2D eigenvalue weighted by molar-refractivity contribution is 5.82. The van der Waals surface area contributed by atoms with Crippen LogP contribution in [0, 0.1) is 5.92 Å². The molecule has 12 heavy (non-hydrogen) atoms. The van der Waals surface area contributed by atoms with Gasteiger partial charge in [0.25, 0.3) is 0 Å². The summed E-state index contributed by atoms with van der Waals surface area (Å²) in [6.45, 7) is 1.82. The van der Waals surface area contributed by atoms with E-state index in [9.17, 15) is 4.79 Å². The number of hydrogen-bond acceptors (Lipinski definition) is 2. The van der Waals surface area contributed by atoms with Crippen LogP contribution >= 0.6 is 0 Å². The van der Waals surface area contributed by atoms with E-state index >= 15 is 0 Å². The van der Waals surface area contributed by atoms with Gasteiger partial charge in [-0.15, -0.1) is 0 Å². The van der Waals surface area contributed by atoms with Crippen molar-refractivity contribution in [3.63, 3.8) is 0 Å². The Morgan fingerprint density at radius 2 is 2.33 bits per heavy atom. The first-order valence-corrected chi connectivity index (χ1v) is 4.76. The summed E-state index contributed by atoms with van der Waals surface area (Å²) in [4.78, 5) is 13.4. The van der Waals surface area contributed by atoms with Crippen LogP contribution in [0.2, 0.25) is 0 Å². The maximum Gasteiger partial charge on any atom is 0.239 e. The lowest BCUT2D eigenvalue weighted by molar-refractivity contribution is -0.134. The minimum Gasteiger partial charge on any atom is -0.343 e. The van der Waals surface area contributed by atoms with E-state index in [2.05, 4.69) is 5.32 Å². The summed E-state index contributed by atoms with van der Waals surface area (Å²) in [7, 11) is 1.89. The van der Waals surface area contributed by atoms with Crippen molar-refractivity contribution in [3.05, 3.63) is 0 Å². The Kier molecular flexibility index (Phi) is 2.05. The van der Waals surface area contributed by atoms with Gasteiger partial charge in [0.05, 0.1) is 6.04 Å². The monoisotopic (exact) mass is 168 g/mol. The van der Waals surface area contributed by atoms with Crippen molar-refractivity contribution in [2.75, 3.05) is 20.1 Å². The first kappa shape index (κ1) is 8.05. The molecule has 3 heteroatoms. The predicted molar refractivity (Wildman–Crippen MR) is 46.8 cm³/mol. The lowest BCUT2D eigenvalue weighted by atomic mass is 10.1. The molecule has 1 saturated carbocycles. The number of carbonyl (C=O) groups excluding carboxylic acids is 1. The molecule has 0 spiro atoms. The number of amides is 1. The number of nitrogens with one attached hydrogen (secondary N) is 1. The molecule has 1 amide bonds. The van der Waals surface area contributed by atoms with E-state index in [0.717, 1.165) is 25.4 Å². The number of carbonyl (C=O) groups is 1. The van der Waals surface area contributed by atoms with Crippen molar-refractivity contribution in [2.45, 2.75) is 25.3 Å². The molecule has 1 aliphatic heterocycles. The fourth-order valence-electron chi connectivity index (χ4n) is 1.74. The summed E-state index contributed by atoms with van der Waals surface area (Å²) in [5.41, 5.74) is 0. The van der Waals surface area contributed by atoms with Gasteiger partial charge < -0.3 is 10.2 Å². The predicted octanol–water partition coefficient (Wildman–Crippen LogP) is 0.217. The number of piperazine rings is 1. The Morgan fingerprint density at radius 1 is 1.58 bits per heavy atom. The number of hydrogen-bond donors (Lipinski definition) is 1. The molecule has 1 N–H and O–H groups in total. The topological polar surface area (TPSA) is 32.3 Å². The smallest absolute Gasteiger partial charge is 0.239 e. The second kappa shape index (κ2) is 3.05. The Hall–Kier alpha value is -0.570. The number of rotatable bonds is 2. The summed E-state index contributed by atoms with van der Waals surface area (Å²) in [5.74, 6) is 1.12. The fraction of sp³-hybridized carbons (Fsp3) is 0.889. The van der Waals surface area contributed by atoms with E-state index in [0.29, 0.717) is 0 Å². The minimum absolute atomic E-state index is 0.122. The van der Waals surface area contributed by atoms with Gasteiger partial charge in [0.1, 0.15) is 0 Å². The summed E-state index contributed by atoms with van der Waals surface area (Å²) in [6, 6.07) is 0.122. The average molecular weight is 168 g/mol. The van der Waals surface area contributed by atoms with Gasteiger partial charge in [0, 0.05) is 20.1 Å². The van der Waals surface area contributed by atoms with Gasteiger partial charge in [0.2, 0.25) is 5.91 Å². The van der Waals surface area contributed by atoms with E-state index in [1.54, 1.807) is 0 Å².